The first-order valence-electron chi connectivity index (χ1n) is 6.99. The van der Waals surface area contributed by atoms with Gasteiger partial charge < -0.3 is 0 Å². The van der Waals surface area contributed by atoms with Crippen molar-refractivity contribution < 1.29 is 4.39 Å². The highest BCUT2D eigenvalue weighted by atomic mass is 19.1. The minimum atomic E-state index is -0.870. The summed E-state index contributed by atoms with van der Waals surface area (Å²) in [6.07, 6.45) is 1.65. The molecule has 1 atom stereocenters. The maximum Gasteiger partial charge on any atom is 0.125 e. The number of nitrogens with zero attached hydrogens (tertiary/aromatic N) is 1. The Morgan fingerprint density at radius 3 is 2.05 bits per heavy atom. The molecular weight excluding hydrogens is 249 g/mol. The van der Waals surface area contributed by atoms with Crippen molar-refractivity contribution in [2.45, 2.75) is 32.4 Å². The van der Waals surface area contributed by atoms with Crippen LogP contribution in [0.2, 0.25) is 0 Å². The summed E-state index contributed by atoms with van der Waals surface area (Å²) in [6.45, 7) is 2.07. The summed E-state index contributed by atoms with van der Waals surface area (Å²) in [7, 11) is 0. The summed E-state index contributed by atoms with van der Waals surface area (Å²) < 4.78 is 13.9. The monoisotopic (exact) mass is 267 g/mol. The van der Waals surface area contributed by atoms with E-state index >= 15 is 0 Å². The molecule has 0 spiro atoms. The van der Waals surface area contributed by atoms with Crippen molar-refractivity contribution in [3.05, 3.63) is 59.7 Å². The van der Waals surface area contributed by atoms with E-state index in [1.165, 1.54) is 0 Å². The van der Waals surface area contributed by atoms with Crippen molar-refractivity contribution in [1.29, 1.82) is 5.26 Å². The molecule has 0 aliphatic carbocycles. The van der Waals surface area contributed by atoms with Crippen LogP contribution in [0.1, 0.15) is 43.5 Å². The Balaban J connectivity index is 2.13. The van der Waals surface area contributed by atoms with Crippen LogP contribution in [0.4, 0.5) is 4.39 Å². The van der Waals surface area contributed by atoms with Crippen LogP contribution in [0.5, 0.6) is 0 Å². The van der Waals surface area contributed by atoms with E-state index in [-0.39, 0.29) is 0 Å². The van der Waals surface area contributed by atoms with E-state index in [9.17, 15) is 4.39 Å². The molecule has 0 radical (unpaired) electrons. The first-order chi connectivity index (χ1) is 9.74. The van der Waals surface area contributed by atoms with Crippen molar-refractivity contribution in [2.75, 3.05) is 0 Å². The lowest BCUT2D eigenvalue weighted by Crippen LogP contribution is -1.91. The zero-order valence-corrected chi connectivity index (χ0v) is 11.6. The van der Waals surface area contributed by atoms with Gasteiger partial charge in [-0.25, -0.2) is 4.39 Å². The van der Waals surface area contributed by atoms with Crippen LogP contribution in [0.25, 0.3) is 11.1 Å². The standard InChI is InChI=1S/C18H18FN/c1-2-3-4-18(19)17-11-9-16(10-12-17)15-7-5-14(13-20)6-8-15/h5-12,18H,2-4H2,1H3. The molecular formula is C18H18FN. The van der Waals surface area contributed by atoms with Crippen molar-refractivity contribution in [2.24, 2.45) is 0 Å². The van der Waals surface area contributed by atoms with E-state index in [0.717, 1.165) is 29.5 Å². The molecule has 0 N–H and O–H groups in total. The van der Waals surface area contributed by atoms with E-state index < -0.39 is 6.17 Å². The van der Waals surface area contributed by atoms with Gasteiger partial charge in [0, 0.05) is 0 Å². The Labute approximate surface area is 119 Å². The van der Waals surface area contributed by atoms with Gasteiger partial charge in [-0.2, -0.15) is 5.26 Å². The van der Waals surface area contributed by atoms with Gasteiger partial charge in [0.15, 0.2) is 0 Å². The summed E-state index contributed by atoms with van der Waals surface area (Å²) in [6, 6.07) is 17.1. The Hall–Kier alpha value is -2.14. The van der Waals surface area contributed by atoms with Crippen LogP contribution < -0.4 is 0 Å². The highest BCUT2D eigenvalue weighted by Gasteiger charge is 2.09. The summed E-state index contributed by atoms with van der Waals surface area (Å²) in [5.74, 6) is 0. The molecule has 102 valence electrons. The van der Waals surface area contributed by atoms with Gasteiger partial charge in [-0.05, 0) is 35.2 Å². The van der Waals surface area contributed by atoms with E-state index in [0.29, 0.717) is 12.0 Å². The number of hydrogen-bond donors (Lipinski definition) is 0. The SMILES string of the molecule is CCCCC(F)c1ccc(-c2ccc(C#N)cc2)cc1. The molecule has 2 aromatic carbocycles. The fraction of sp³-hybridized carbons (Fsp3) is 0.278. The fourth-order valence-electron chi connectivity index (χ4n) is 2.17. The number of hydrogen-bond acceptors (Lipinski definition) is 1. The topological polar surface area (TPSA) is 23.8 Å². The van der Waals surface area contributed by atoms with Crippen LogP contribution in [0.3, 0.4) is 0 Å². The highest BCUT2D eigenvalue weighted by molar-refractivity contribution is 5.64. The largest absolute Gasteiger partial charge is 0.242 e. The number of unbranched alkanes of at least 4 members (excludes halogenated alkanes) is 1. The van der Waals surface area contributed by atoms with Crippen LogP contribution in [-0.4, -0.2) is 0 Å². The summed E-state index contributed by atoms with van der Waals surface area (Å²) in [5, 5.41) is 8.78. The molecule has 0 heterocycles. The normalized spacial score (nSPS) is 11.8. The number of alkyl halides is 1. The van der Waals surface area contributed by atoms with Gasteiger partial charge in [-0.1, -0.05) is 56.2 Å². The summed E-state index contributed by atoms with van der Waals surface area (Å²) in [4.78, 5) is 0. The molecule has 0 aliphatic heterocycles. The van der Waals surface area contributed by atoms with Gasteiger partial charge >= 0.3 is 0 Å². The Bertz CT molecular complexity index is 578. The molecule has 0 amide bonds. The molecule has 2 heteroatoms. The average molecular weight is 267 g/mol. The van der Waals surface area contributed by atoms with E-state index in [4.69, 9.17) is 5.26 Å². The third-order valence-corrected chi connectivity index (χ3v) is 3.43. The number of benzene rings is 2. The second kappa shape index (κ2) is 6.86. The van der Waals surface area contributed by atoms with Crippen molar-refractivity contribution in [3.63, 3.8) is 0 Å². The minimum absolute atomic E-state index is 0.590. The second-order valence-corrected chi connectivity index (χ2v) is 4.92. The molecule has 20 heavy (non-hydrogen) atoms. The van der Waals surface area contributed by atoms with Crippen molar-refractivity contribution in [1.82, 2.24) is 0 Å². The summed E-state index contributed by atoms with van der Waals surface area (Å²) in [5.41, 5.74) is 3.48. The molecule has 0 aliphatic rings. The molecule has 0 bridgehead atoms. The fourth-order valence-corrected chi connectivity index (χ4v) is 2.17. The molecule has 0 saturated heterocycles. The lowest BCUT2D eigenvalue weighted by molar-refractivity contribution is 0.316. The first-order valence-corrected chi connectivity index (χ1v) is 6.99. The smallest absolute Gasteiger partial charge is 0.125 e. The second-order valence-electron chi connectivity index (χ2n) is 4.92. The zero-order valence-electron chi connectivity index (χ0n) is 11.6. The maximum atomic E-state index is 13.9. The Kier molecular flexibility index (Phi) is 4.90. The molecule has 2 aromatic rings. The third-order valence-electron chi connectivity index (χ3n) is 3.43. The van der Waals surface area contributed by atoms with Gasteiger partial charge in [0.2, 0.25) is 0 Å². The first kappa shape index (κ1) is 14.3. The van der Waals surface area contributed by atoms with Crippen molar-refractivity contribution >= 4 is 0 Å². The van der Waals surface area contributed by atoms with Crippen LogP contribution in [0, 0.1) is 11.3 Å². The molecule has 0 saturated carbocycles. The van der Waals surface area contributed by atoms with Crippen molar-refractivity contribution in [3.8, 4) is 17.2 Å². The summed E-state index contributed by atoms with van der Waals surface area (Å²) >= 11 is 0. The zero-order chi connectivity index (χ0) is 14.4. The molecule has 0 fully saturated rings. The molecule has 2 rings (SSSR count). The van der Waals surface area contributed by atoms with Gasteiger partial charge in [0.25, 0.3) is 0 Å². The van der Waals surface area contributed by atoms with E-state index in [2.05, 4.69) is 13.0 Å². The van der Waals surface area contributed by atoms with Gasteiger partial charge in [-0.15, -0.1) is 0 Å². The van der Waals surface area contributed by atoms with Gasteiger partial charge in [-0.3, -0.25) is 0 Å². The number of halogens is 1. The van der Waals surface area contributed by atoms with E-state index in [1.54, 1.807) is 12.1 Å². The van der Waals surface area contributed by atoms with Crippen LogP contribution in [0.15, 0.2) is 48.5 Å². The third kappa shape index (κ3) is 3.45. The molecule has 1 unspecified atom stereocenters. The predicted octanol–water partition coefficient (Wildman–Crippen LogP) is 5.43. The maximum absolute atomic E-state index is 13.9. The molecule has 1 nitrogen and oxygen atoms in total. The average Bonchev–Trinajstić information content (AvgIpc) is 2.53. The Morgan fingerprint density at radius 1 is 1.00 bits per heavy atom. The van der Waals surface area contributed by atoms with Crippen LogP contribution >= 0.6 is 0 Å². The predicted molar refractivity (Wildman–Crippen MR) is 80.0 cm³/mol. The molecule has 0 aromatic heterocycles. The van der Waals surface area contributed by atoms with E-state index in [1.807, 2.05) is 36.4 Å². The highest BCUT2D eigenvalue weighted by Crippen LogP contribution is 2.26. The van der Waals surface area contributed by atoms with Gasteiger partial charge in [0.1, 0.15) is 6.17 Å². The Morgan fingerprint density at radius 2 is 1.55 bits per heavy atom. The number of nitriles is 1. The lowest BCUT2D eigenvalue weighted by Gasteiger charge is -2.09. The lowest BCUT2D eigenvalue weighted by atomic mass is 10.00. The van der Waals surface area contributed by atoms with Gasteiger partial charge in [0.05, 0.1) is 11.6 Å². The van der Waals surface area contributed by atoms with Crippen LogP contribution in [-0.2, 0) is 0 Å². The number of rotatable bonds is 5. The minimum Gasteiger partial charge on any atom is -0.242 e. The quantitative estimate of drug-likeness (QED) is 0.709.